The van der Waals surface area contributed by atoms with E-state index >= 15 is 0 Å². The molecule has 0 spiro atoms. The zero-order chi connectivity index (χ0) is 16.8. The summed E-state index contributed by atoms with van der Waals surface area (Å²) < 4.78 is 11.2. The number of nitrogens with one attached hydrogen (secondary N) is 1. The Bertz CT molecular complexity index is 676. The number of benzene rings is 2. The molecule has 4 heteroatoms. The smallest absolute Gasteiger partial charge is 0.251 e. The molecule has 1 atom stereocenters. The second-order valence-electron chi connectivity index (χ2n) is 6.14. The third kappa shape index (κ3) is 4.59. The second kappa shape index (κ2) is 7.97. The molecule has 1 saturated heterocycles. The maximum Gasteiger partial charge on any atom is 0.251 e. The topological polar surface area (TPSA) is 47.6 Å². The van der Waals surface area contributed by atoms with Crippen LogP contribution in [-0.4, -0.2) is 25.2 Å². The van der Waals surface area contributed by atoms with E-state index in [2.05, 4.69) is 11.4 Å². The van der Waals surface area contributed by atoms with E-state index in [0.29, 0.717) is 18.7 Å². The molecule has 1 amide bonds. The Labute approximate surface area is 142 Å². The van der Waals surface area contributed by atoms with Crippen LogP contribution in [-0.2, 0) is 11.3 Å². The first-order valence-electron chi connectivity index (χ1n) is 8.39. The van der Waals surface area contributed by atoms with Crippen LogP contribution in [0.15, 0.2) is 48.5 Å². The molecule has 4 nitrogen and oxygen atoms in total. The Balaban J connectivity index is 1.49. The fraction of sp³-hybridized carbons (Fsp3) is 0.350. The predicted molar refractivity (Wildman–Crippen MR) is 93.3 cm³/mol. The summed E-state index contributed by atoms with van der Waals surface area (Å²) in [6.07, 6.45) is 2.36. The maximum atomic E-state index is 12.2. The van der Waals surface area contributed by atoms with Crippen molar-refractivity contribution in [3.8, 4) is 5.75 Å². The van der Waals surface area contributed by atoms with Gasteiger partial charge in [0.05, 0.1) is 6.10 Å². The molecule has 0 aliphatic carbocycles. The van der Waals surface area contributed by atoms with Crippen LogP contribution >= 0.6 is 0 Å². The van der Waals surface area contributed by atoms with Crippen LogP contribution in [0.1, 0.15) is 34.3 Å². The first-order valence-corrected chi connectivity index (χ1v) is 8.39. The van der Waals surface area contributed by atoms with Crippen molar-refractivity contribution in [3.05, 3.63) is 65.2 Å². The van der Waals surface area contributed by atoms with E-state index in [-0.39, 0.29) is 12.0 Å². The van der Waals surface area contributed by atoms with E-state index in [0.717, 1.165) is 30.8 Å². The van der Waals surface area contributed by atoms with Gasteiger partial charge in [0.1, 0.15) is 12.4 Å². The molecule has 1 aliphatic rings. The maximum absolute atomic E-state index is 12.2. The van der Waals surface area contributed by atoms with Crippen LogP contribution in [0, 0.1) is 6.92 Å². The largest absolute Gasteiger partial charge is 0.491 e. The molecule has 0 radical (unpaired) electrons. The summed E-state index contributed by atoms with van der Waals surface area (Å²) in [5.74, 6) is 0.683. The van der Waals surface area contributed by atoms with Gasteiger partial charge in [-0.25, -0.2) is 0 Å². The molecule has 0 bridgehead atoms. The van der Waals surface area contributed by atoms with Gasteiger partial charge in [0, 0.05) is 18.7 Å². The molecule has 126 valence electrons. The zero-order valence-corrected chi connectivity index (χ0v) is 14.0. The lowest BCUT2D eigenvalue weighted by Gasteiger charge is -2.12. The lowest BCUT2D eigenvalue weighted by Crippen LogP contribution is -2.22. The van der Waals surface area contributed by atoms with Gasteiger partial charge in [-0.1, -0.05) is 29.8 Å². The number of hydrogen-bond donors (Lipinski definition) is 1. The van der Waals surface area contributed by atoms with Crippen LogP contribution in [0.2, 0.25) is 0 Å². The highest BCUT2D eigenvalue weighted by atomic mass is 16.5. The van der Waals surface area contributed by atoms with Gasteiger partial charge in [0.25, 0.3) is 5.91 Å². The fourth-order valence-electron chi connectivity index (χ4n) is 2.77. The van der Waals surface area contributed by atoms with Gasteiger partial charge >= 0.3 is 0 Å². The van der Waals surface area contributed by atoms with Crippen molar-refractivity contribution in [2.75, 3.05) is 13.2 Å². The summed E-state index contributed by atoms with van der Waals surface area (Å²) in [4.78, 5) is 12.2. The quantitative estimate of drug-likeness (QED) is 0.884. The van der Waals surface area contributed by atoms with Gasteiger partial charge in [0.15, 0.2) is 0 Å². The molecule has 1 N–H and O–H groups in total. The highest BCUT2D eigenvalue weighted by Gasteiger charge is 2.16. The van der Waals surface area contributed by atoms with E-state index in [4.69, 9.17) is 9.47 Å². The van der Waals surface area contributed by atoms with Gasteiger partial charge in [-0.3, -0.25) is 4.79 Å². The minimum Gasteiger partial charge on any atom is -0.491 e. The van der Waals surface area contributed by atoms with Crippen LogP contribution in [0.3, 0.4) is 0 Å². The summed E-state index contributed by atoms with van der Waals surface area (Å²) in [5.41, 5.74) is 2.92. The molecule has 2 aromatic rings. The molecule has 1 aliphatic heterocycles. The third-order valence-corrected chi connectivity index (χ3v) is 4.11. The van der Waals surface area contributed by atoms with Gasteiger partial charge < -0.3 is 14.8 Å². The number of rotatable bonds is 6. The van der Waals surface area contributed by atoms with Gasteiger partial charge in [-0.15, -0.1) is 0 Å². The van der Waals surface area contributed by atoms with Crippen molar-refractivity contribution in [1.29, 1.82) is 0 Å². The second-order valence-corrected chi connectivity index (χ2v) is 6.14. The summed E-state index contributed by atoms with van der Waals surface area (Å²) in [6, 6.07) is 15.4. The molecule has 1 heterocycles. The van der Waals surface area contributed by atoms with Crippen LogP contribution < -0.4 is 10.1 Å². The summed E-state index contributed by atoms with van der Waals surface area (Å²) >= 11 is 0. The minimum absolute atomic E-state index is 0.0813. The third-order valence-electron chi connectivity index (χ3n) is 4.11. The molecular formula is C20H23NO3. The van der Waals surface area contributed by atoms with E-state index in [9.17, 15) is 4.79 Å². The van der Waals surface area contributed by atoms with Gasteiger partial charge in [-0.05, 0) is 49.6 Å². The number of carbonyl (C=O) groups excluding carboxylic acids is 1. The number of ether oxygens (including phenoxy) is 2. The van der Waals surface area contributed by atoms with Crippen molar-refractivity contribution < 1.29 is 14.3 Å². The molecule has 3 rings (SSSR count). The van der Waals surface area contributed by atoms with Crippen LogP contribution in [0.25, 0.3) is 0 Å². The molecule has 24 heavy (non-hydrogen) atoms. The fourth-order valence-corrected chi connectivity index (χ4v) is 2.77. The lowest BCUT2D eigenvalue weighted by molar-refractivity contribution is 0.0679. The van der Waals surface area contributed by atoms with Crippen molar-refractivity contribution in [3.63, 3.8) is 0 Å². The molecule has 1 fully saturated rings. The molecule has 0 saturated carbocycles. The van der Waals surface area contributed by atoms with Crippen molar-refractivity contribution in [2.45, 2.75) is 32.4 Å². The van der Waals surface area contributed by atoms with E-state index in [1.165, 1.54) is 5.56 Å². The molecular weight excluding hydrogens is 302 g/mol. The van der Waals surface area contributed by atoms with Gasteiger partial charge in [-0.2, -0.15) is 0 Å². The first kappa shape index (κ1) is 16.5. The first-order chi connectivity index (χ1) is 11.7. The van der Waals surface area contributed by atoms with E-state index in [1.807, 2.05) is 37.3 Å². The summed E-state index contributed by atoms with van der Waals surface area (Å²) in [5, 5.41) is 2.94. The molecule has 2 aromatic carbocycles. The average molecular weight is 325 g/mol. The lowest BCUT2D eigenvalue weighted by atomic mass is 10.1. The zero-order valence-electron chi connectivity index (χ0n) is 14.0. The highest BCUT2D eigenvalue weighted by molar-refractivity contribution is 5.94. The summed E-state index contributed by atoms with van der Waals surface area (Å²) in [6.45, 7) is 3.96. The normalized spacial score (nSPS) is 16.8. The van der Waals surface area contributed by atoms with Gasteiger partial charge in [0.2, 0.25) is 0 Å². The Morgan fingerprint density at radius 3 is 2.79 bits per heavy atom. The average Bonchev–Trinajstić information content (AvgIpc) is 3.12. The number of carbonyl (C=O) groups is 1. The highest BCUT2D eigenvalue weighted by Crippen LogP contribution is 2.16. The van der Waals surface area contributed by atoms with Crippen molar-refractivity contribution in [2.24, 2.45) is 0 Å². The molecule has 0 aromatic heterocycles. The standard InChI is InChI=1S/C20H23NO3/c1-15-4-2-5-16(12-15)13-21-20(22)17-7-9-18(10-8-17)24-14-19-6-3-11-23-19/h2,4-5,7-10,12,19H,3,6,11,13-14H2,1H3,(H,21,22). The van der Waals surface area contributed by atoms with Crippen LogP contribution in [0.4, 0.5) is 0 Å². The van der Waals surface area contributed by atoms with Crippen molar-refractivity contribution >= 4 is 5.91 Å². The Kier molecular flexibility index (Phi) is 5.49. The van der Waals surface area contributed by atoms with Crippen LogP contribution in [0.5, 0.6) is 5.75 Å². The number of aryl methyl sites for hydroxylation is 1. The molecule has 1 unspecified atom stereocenters. The van der Waals surface area contributed by atoms with E-state index < -0.39 is 0 Å². The SMILES string of the molecule is Cc1cccc(CNC(=O)c2ccc(OCC3CCCO3)cc2)c1. The monoisotopic (exact) mass is 325 g/mol. The van der Waals surface area contributed by atoms with E-state index in [1.54, 1.807) is 12.1 Å². The predicted octanol–water partition coefficient (Wildman–Crippen LogP) is 3.48. The van der Waals surface area contributed by atoms with Crippen molar-refractivity contribution in [1.82, 2.24) is 5.32 Å². The Hall–Kier alpha value is -2.33. The number of hydrogen-bond acceptors (Lipinski definition) is 3. The number of amides is 1. The minimum atomic E-state index is -0.0813. The Morgan fingerprint density at radius 2 is 2.08 bits per heavy atom. The Morgan fingerprint density at radius 1 is 1.25 bits per heavy atom. The summed E-state index contributed by atoms with van der Waals surface area (Å²) in [7, 11) is 0.